The number of carbonyl (C=O) groups excluding carboxylic acids is 1. The Hall–Kier alpha value is -1.55. The van der Waals surface area contributed by atoms with Crippen molar-refractivity contribution in [1.29, 1.82) is 0 Å². The van der Waals surface area contributed by atoms with Gasteiger partial charge in [-0.25, -0.2) is 0 Å². The van der Waals surface area contributed by atoms with Crippen LogP contribution in [0, 0.1) is 0 Å². The Morgan fingerprint density at radius 2 is 1.75 bits per heavy atom. The lowest BCUT2D eigenvalue weighted by Crippen LogP contribution is -2.43. The van der Waals surface area contributed by atoms with E-state index in [1.54, 1.807) is 6.07 Å². The largest absolute Gasteiger partial charge is 0.397 e. The fourth-order valence-electron chi connectivity index (χ4n) is 2.67. The van der Waals surface area contributed by atoms with Crippen LogP contribution >= 0.6 is 0 Å². The number of benzene rings is 1. The second-order valence-electron chi connectivity index (χ2n) is 5.56. The highest BCUT2D eigenvalue weighted by molar-refractivity contribution is 5.97. The first-order chi connectivity index (χ1) is 9.68. The van der Waals surface area contributed by atoms with Crippen LogP contribution in [0.2, 0.25) is 0 Å². The van der Waals surface area contributed by atoms with E-state index in [2.05, 4.69) is 10.2 Å². The van der Waals surface area contributed by atoms with Crippen molar-refractivity contribution in [2.75, 3.05) is 24.1 Å². The summed E-state index contributed by atoms with van der Waals surface area (Å²) in [4.78, 5) is 14.6. The van der Waals surface area contributed by atoms with E-state index in [1.165, 1.54) is 32.1 Å². The molecule has 4 heteroatoms. The molecule has 0 aromatic heterocycles. The van der Waals surface area contributed by atoms with Crippen LogP contribution in [-0.2, 0) is 4.79 Å². The van der Waals surface area contributed by atoms with Gasteiger partial charge in [0.05, 0.1) is 17.4 Å². The molecule has 0 aliphatic carbocycles. The van der Waals surface area contributed by atoms with Crippen molar-refractivity contribution in [1.82, 2.24) is 4.90 Å². The summed E-state index contributed by atoms with van der Waals surface area (Å²) < 4.78 is 0. The van der Waals surface area contributed by atoms with Gasteiger partial charge in [0, 0.05) is 0 Å². The summed E-state index contributed by atoms with van der Waals surface area (Å²) in [5, 5.41) is 2.94. The van der Waals surface area contributed by atoms with Gasteiger partial charge in [0.2, 0.25) is 5.91 Å². The molecule has 4 nitrogen and oxygen atoms in total. The predicted octanol–water partition coefficient (Wildman–Crippen LogP) is 2.86. The monoisotopic (exact) mass is 275 g/mol. The number of anilines is 2. The van der Waals surface area contributed by atoms with Crippen LogP contribution in [0.1, 0.15) is 39.0 Å². The minimum Gasteiger partial charge on any atom is -0.397 e. The molecule has 3 N–H and O–H groups in total. The zero-order valence-corrected chi connectivity index (χ0v) is 12.3. The number of likely N-dealkylation sites (tertiary alicyclic amines) is 1. The van der Waals surface area contributed by atoms with Gasteiger partial charge >= 0.3 is 0 Å². The normalized spacial score (nSPS) is 18.9. The number of nitrogens with zero attached hydrogens (tertiary/aromatic N) is 1. The molecule has 1 amide bonds. The van der Waals surface area contributed by atoms with Crippen LogP contribution < -0.4 is 11.1 Å². The number of nitrogen functional groups attached to an aromatic ring is 1. The van der Waals surface area contributed by atoms with Crippen molar-refractivity contribution in [3.05, 3.63) is 24.3 Å². The Balaban J connectivity index is 1.95. The fraction of sp³-hybridized carbons (Fsp3) is 0.562. The van der Waals surface area contributed by atoms with Crippen LogP contribution in [0.5, 0.6) is 0 Å². The topological polar surface area (TPSA) is 58.4 Å². The highest BCUT2D eigenvalue weighted by Gasteiger charge is 2.21. The van der Waals surface area contributed by atoms with E-state index in [0.717, 1.165) is 13.1 Å². The number of nitrogens with one attached hydrogen (secondary N) is 1. The second kappa shape index (κ2) is 7.29. The second-order valence-corrected chi connectivity index (χ2v) is 5.56. The lowest BCUT2D eigenvalue weighted by Gasteiger charge is -2.29. The van der Waals surface area contributed by atoms with E-state index in [1.807, 2.05) is 25.1 Å². The third kappa shape index (κ3) is 3.97. The minimum atomic E-state index is -0.104. The summed E-state index contributed by atoms with van der Waals surface area (Å²) in [5.41, 5.74) is 7.18. The summed E-state index contributed by atoms with van der Waals surface area (Å²) in [7, 11) is 0. The number of amides is 1. The number of rotatable bonds is 3. The average molecular weight is 275 g/mol. The molecule has 1 unspecified atom stereocenters. The smallest absolute Gasteiger partial charge is 0.241 e. The molecule has 1 aliphatic heterocycles. The third-order valence-electron chi connectivity index (χ3n) is 4.04. The fourth-order valence-corrected chi connectivity index (χ4v) is 2.67. The SMILES string of the molecule is CC(C(=O)Nc1ccccc1N)N1CCCCCCC1. The van der Waals surface area contributed by atoms with Gasteiger partial charge < -0.3 is 11.1 Å². The average Bonchev–Trinajstić information content (AvgIpc) is 2.40. The van der Waals surface area contributed by atoms with Crippen molar-refractivity contribution in [3.8, 4) is 0 Å². The van der Waals surface area contributed by atoms with Crippen LogP contribution in [0.3, 0.4) is 0 Å². The van der Waals surface area contributed by atoms with E-state index in [9.17, 15) is 4.79 Å². The molecule has 0 radical (unpaired) electrons. The molecule has 110 valence electrons. The standard InChI is InChI=1S/C16H25N3O/c1-13(19-11-7-3-2-4-8-12-19)16(20)18-15-10-6-5-9-14(15)17/h5-6,9-10,13H,2-4,7-8,11-12,17H2,1H3,(H,18,20). The van der Waals surface area contributed by atoms with E-state index >= 15 is 0 Å². The molecule has 1 saturated heterocycles. The summed E-state index contributed by atoms with van der Waals surface area (Å²) >= 11 is 0. The van der Waals surface area contributed by atoms with Crippen molar-refractivity contribution in [3.63, 3.8) is 0 Å². The molecular weight excluding hydrogens is 250 g/mol. The van der Waals surface area contributed by atoms with Crippen molar-refractivity contribution >= 4 is 17.3 Å². The molecule has 20 heavy (non-hydrogen) atoms. The molecule has 1 heterocycles. The van der Waals surface area contributed by atoms with E-state index in [0.29, 0.717) is 11.4 Å². The van der Waals surface area contributed by atoms with Gasteiger partial charge in [-0.05, 0) is 45.0 Å². The van der Waals surface area contributed by atoms with Gasteiger partial charge in [-0.15, -0.1) is 0 Å². The highest BCUT2D eigenvalue weighted by Crippen LogP contribution is 2.18. The Labute approximate surface area is 121 Å². The maximum absolute atomic E-state index is 12.4. The third-order valence-corrected chi connectivity index (χ3v) is 4.04. The first-order valence-electron chi connectivity index (χ1n) is 7.58. The molecule has 1 aromatic carbocycles. The van der Waals surface area contributed by atoms with Gasteiger partial charge in [0.15, 0.2) is 0 Å². The molecule has 1 fully saturated rings. The van der Waals surface area contributed by atoms with Crippen molar-refractivity contribution in [2.45, 2.75) is 45.1 Å². The molecule has 0 spiro atoms. The van der Waals surface area contributed by atoms with E-state index in [4.69, 9.17) is 5.73 Å². The van der Waals surface area contributed by atoms with E-state index in [-0.39, 0.29) is 11.9 Å². The molecule has 1 atom stereocenters. The van der Waals surface area contributed by atoms with Crippen molar-refractivity contribution in [2.24, 2.45) is 0 Å². The molecule has 0 saturated carbocycles. The first-order valence-corrected chi connectivity index (χ1v) is 7.58. The van der Waals surface area contributed by atoms with Crippen LogP contribution in [0.25, 0.3) is 0 Å². The summed E-state index contributed by atoms with van der Waals surface area (Å²) in [6.07, 6.45) is 6.25. The maximum Gasteiger partial charge on any atom is 0.241 e. The van der Waals surface area contributed by atoms with Crippen LogP contribution in [0.4, 0.5) is 11.4 Å². The Bertz CT molecular complexity index is 439. The van der Waals surface area contributed by atoms with Gasteiger partial charge in [0.1, 0.15) is 0 Å². The van der Waals surface area contributed by atoms with Gasteiger partial charge in [-0.3, -0.25) is 9.69 Å². The Kier molecular flexibility index (Phi) is 5.41. The number of hydrogen-bond donors (Lipinski definition) is 2. The van der Waals surface area contributed by atoms with Crippen LogP contribution in [0.15, 0.2) is 24.3 Å². The lowest BCUT2D eigenvalue weighted by molar-refractivity contribution is -0.120. The molecular formula is C16H25N3O. The molecule has 1 aromatic rings. The van der Waals surface area contributed by atoms with Gasteiger partial charge in [-0.2, -0.15) is 0 Å². The zero-order valence-electron chi connectivity index (χ0n) is 12.3. The van der Waals surface area contributed by atoms with Crippen LogP contribution in [-0.4, -0.2) is 29.9 Å². The summed E-state index contributed by atoms with van der Waals surface area (Å²) in [6, 6.07) is 7.29. The zero-order chi connectivity index (χ0) is 14.4. The number of nitrogens with two attached hydrogens (primary N) is 1. The predicted molar refractivity (Wildman–Crippen MR) is 83.6 cm³/mol. The molecule has 0 bridgehead atoms. The number of carbonyl (C=O) groups is 1. The Morgan fingerprint density at radius 1 is 1.15 bits per heavy atom. The van der Waals surface area contributed by atoms with Gasteiger partial charge in [0.25, 0.3) is 0 Å². The lowest BCUT2D eigenvalue weighted by atomic mass is 10.1. The quantitative estimate of drug-likeness (QED) is 0.834. The number of para-hydroxylation sites is 2. The van der Waals surface area contributed by atoms with E-state index < -0.39 is 0 Å². The van der Waals surface area contributed by atoms with Gasteiger partial charge in [-0.1, -0.05) is 31.4 Å². The summed E-state index contributed by atoms with van der Waals surface area (Å²) in [5.74, 6) is 0.0310. The maximum atomic E-state index is 12.4. The Morgan fingerprint density at radius 3 is 2.40 bits per heavy atom. The highest BCUT2D eigenvalue weighted by atomic mass is 16.2. The minimum absolute atomic E-state index is 0.0310. The number of hydrogen-bond acceptors (Lipinski definition) is 3. The molecule has 1 aliphatic rings. The van der Waals surface area contributed by atoms with Crippen molar-refractivity contribution < 1.29 is 4.79 Å². The summed E-state index contributed by atoms with van der Waals surface area (Å²) in [6.45, 7) is 4.01. The first kappa shape index (κ1) is 14.9. The molecule has 2 rings (SSSR count).